The van der Waals surface area contributed by atoms with Crippen molar-refractivity contribution in [3.63, 3.8) is 0 Å². The van der Waals surface area contributed by atoms with Gasteiger partial charge in [-0.15, -0.1) is 0 Å². The van der Waals surface area contributed by atoms with Crippen LogP contribution in [0.1, 0.15) is 122 Å². The zero-order valence-electron chi connectivity index (χ0n) is 18.1. The van der Waals surface area contributed by atoms with Crippen molar-refractivity contribution in [3.05, 3.63) is 0 Å². The van der Waals surface area contributed by atoms with Crippen molar-refractivity contribution in [2.24, 2.45) is 35.5 Å². The molecule has 0 bridgehead atoms. The maximum Gasteiger partial charge on any atom is 0.0655 e. The first-order valence-corrected chi connectivity index (χ1v) is 12.7. The number of nitrogens with zero attached hydrogens (tertiary/aromatic N) is 1. The topological polar surface area (TPSA) is 23.8 Å². The lowest BCUT2D eigenvalue weighted by Gasteiger charge is -2.41. The van der Waals surface area contributed by atoms with Crippen molar-refractivity contribution in [2.75, 3.05) is 0 Å². The minimum absolute atomic E-state index is 0.374. The van der Waals surface area contributed by atoms with Crippen LogP contribution < -0.4 is 0 Å². The highest BCUT2D eigenvalue weighted by Crippen LogP contribution is 2.46. The standard InChI is InChI=1S/C26H45N/c1-2-3-4-5-6-8-21-11-13-23(14-12-21)24-15-17-25(18-16-24)26-10-7-9-22(19-26)20-27/h21-26H,2-19H2,1H3. The zero-order valence-corrected chi connectivity index (χ0v) is 18.1. The van der Waals surface area contributed by atoms with Crippen molar-refractivity contribution < 1.29 is 0 Å². The fraction of sp³-hybridized carbons (Fsp3) is 0.962. The zero-order chi connectivity index (χ0) is 18.9. The van der Waals surface area contributed by atoms with Gasteiger partial charge in [-0.05, 0) is 81.0 Å². The van der Waals surface area contributed by atoms with Crippen LogP contribution in [0.5, 0.6) is 0 Å². The molecule has 1 nitrogen and oxygen atoms in total. The molecule has 0 radical (unpaired) electrons. The van der Waals surface area contributed by atoms with E-state index in [0.717, 1.165) is 29.6 Å². The van der Waals surface area contributed by atoms with E-state index in [1.807, 2.05) is 0 Å². The highest BCUT2D eigenvalue weighted by Gasteiger charge is 2.34. The normalized spacial score (nSPS) is 37.6. The Balaban J connectivity index is 1.31. The summed E-state index contributed by atoms with van der Waals surface area (Å²) in [5, 5.41) is 9.28. The highest BCUT2D eigenvalue weighted by atomic mass is 14.4. The van der Waals surface area contributed by atoms with Gasteiger partial charge in [-0.3, -0.25) is 0 Å². The minimum Gasteiger partial charge on any atom is -0.198 e. The summed E-state index contributed by atoms with van der Waals surface area (Å²) < 4.78 is 0. The lowest BCUT2D eigenvalue weighted by molar-refractivity contribution is 0.105. The third-order valence-corrected chi connectivity index (χ3v) is 8.65. The van der Waals surface area contributed by atoms with E-state index < -0.39 is 0 Å². The number of nitriles is 1. The molecule has 3 fully saturated rings. The van der Waals surface area contributed by atoms with Gasteiger partial charge in [0, 0.05) is 5.92 Å². The minimum atomic E-state index is 0.374. The largest absolute Gasteiger partial charge is 0.198 e. The Bertz CT molecular complexity index is 434. The van der Waals surface area contributed by atoms with E-state index in [2.05, 4.69) is 13.0 Å². The first-order valence-electron chi connectivity index (χ1n) is 12.7. The fourth-order valence-corrected chi connectivity index (χ4v) is 6.85. The van der Waals surface area contributed by atoms with E-state index in [9.17, 15) is 5.26 Å². The van der Waals surface area contributed by atoms with Crippen LogP contribution in [-0.4, -0.2) is 0 Å². The van der Waals surface area contributed by atoms with Crippen LogP contribution in [0.3, 0.4) is 0 Å². The summed E-state index contributed by atoms with van der Waals surface area (Å²) in [6, 6.07) is 2.56. The molecule has 0 amide bonds. The summed E-state index contributed by atoms with van der Waals surface area (Å²) in [5.74, 6) is 5.37. The average molecular weight is 372 g/mol. The first kappa shape index (κ1) is 21.2. The maximum atomic E-state index is 9.28. The number of rotatable bonds is 8. The smallest absolute Gasteiger partial charge is 0.0655 e. The van der Waals surface area contributed by atoms with Crippen LogP contribution in [0.25, 0.3) is 0 Å². The van der Waals surface area contributed by atoms with Crippen LogP contribution in [0.4, 0.5) is 0 Å². The van der Waals surface area contributed by atoms with E-state index in [-0.39, 0.29) is 0 Å². The van der Waals surface area contributed by atoms with Gasteiger partial charge in [-0.25, -0.2) is 0 Å². The maximum absolute atomic E-state index is 9.28. The molecule has 0 N–H and O–H groups in total. The predicted octanol–water partition coefficient (Wildman–Crippen LogP) is 8.29. The molecule has 0 spiro atoms. The molecule has 0 aromatic heterocycles. The number of hydrogen-bond acceptors (Lipinski definition) is 1. The van der Waals surface area contributed by atoms with Gasteiger partial charge in [0.25, 0.3) is 0 Å². The molecule has 154 valence electrons. The molecule has 0 aromatic carbocycles. The second kappa shape index (κ2) is 11.5. The highest BCUT2D eigenvalue weighted by molar-refractivity contribution is 4.91. The van der Waals surface area contributed by atoms with Crippen LogP contribution >= 0.6 is 0 Å². The Labute approximate surface area is 169 Å². The molecule has 0 aliphatic heterocycles. The Morgan fingerprint density at radius 2 is 1.26 bits per heavy atom. The van der Waals surface area contributed by atoms with Gasteiger partial charge in [-0.2, -0.15) is 5.26 Å². The summed E-state index contributed by atoms with van der Waals surface area (Å²) in [4.78, 5) is 0. The molecule has 3 aliphatic carbocycles. The summed E-state index contributed by atoms with van der Waals surface area (Å²) in [5.41, 5.74) is 0. The molecule has 0 heterocycles. The third kappa shape index (κ3) is 6.51. The lowest BCUT2D eigenvalue weighted by atomic mass is 9.64. The van der Waals surface area contributed by atoms with Gasteiger partial charge < -0.3 is 0 Å². The van der Waals surface area contributed by atoms with Crippen molar-refractivity contribution in [1.82, 2.24) is 0 Å². The number of unbranched alkanes of at least 4 members (excludes halogenated alkanes) is 4. The molecular formula is C26H45N. The molecule has 0 saturated heterocycles. The van der Waals surface area contributed by atoms with Crippen LogP contribution in [0.2, 0.25) is 0 Å². The van der Waals surface area contributed by atoms with Gasteiger partial charge in [0.2, 0.25) is 0 Å². The second-order valence-corrected chi connectivity index (χ2v) is 10.4. The lowest BCUT2D eigenvalue weighted by Crippen LogP contribution is -2.30. The van der Waals surface area contributed by atoms with Crippen LogP contribution in [0, 0.1) is 46.8 Å². The van der Waals surface area contributed by atoms with E-state index in [4.69, 9.17) is 0 Å². The Hall–Kier alpha value is -0.510. The Morgan fingerprint density at radius 1 is 0.667 bits per heavy atom. The van der Waals surface area contributed by atoms with E-state index in [0.29, 0.717) is 5.92 Å². The molecule has 1 heteroatoms. The molecule has 3 rings (SSSR count). The van der Waals surface area contributed by atoms with Gasteiger partial charge in [0.1, 0.15) is 0 Å². The van der Waals surface area contributed by atoms with E-state index >= 15 is 0 Å². The van der Waals surface area contributed by atoms with E-state index in [1.165, 1.54) is 116 Å². The first-order chi connectivity index (χ1) is 13.3. The second-order valence-electron chi connectivity index (χ2n) is 10.4. The molecule has 2 atom stereocenters. The fourth-order valence-electron chi connectivity index (χ4n) is 6.85. The van der Waals surface area contributed by atoms with E-state index in [1.54, 1.807) is 0 Å². The van der Waals surface area contributed by atoms with Gasteiger partial charge in [0.15, 0.2) is 0 Å². The monoisotopic (exact) mass is 371 g/mol. The molecular weight excluding hydrogens is 326 g/mol. The third-order valence-electron chi connectivity index (χ3n) is 8.65. The summed E-state index contributed by atoms with van der Waals surface area (Å²) >= 11 is 0. The Kier molecular flexibility index (Phi) is 9.02. The van der Waals surface area contributed by atoms with Crippen molar-refractivity contribution >= 4 is 0 Å². The summed E-state index contributed by atoms with van der Waals surface area (Å²) in [6.07, 6.45) is 26.0. The molecule has 3 saturated carbocycles. The summed E-state index contributed by atoms with van der Waals surface area (Å²) in [6.45, 7) is 2.31. The number of hydrogen-bond donors (Lipinski definition) is 0. The van der Waals surface area contributed by atoms with Crippen molar-refractivity contribution in [2.45, 2.75) is 122 Å². The van der Waals surface area contributed by atoms with Gasteiger partial charge in [0.05, 0.1) is 6.07 Å². The molecule has 0 aromatic rings. The van der Waals surface area contributed by atoms with Crippen LogP contribution in [0.15, 0.2) is 0 Å². The van der Waals surface area contributed by atoms with Crippen molar-refractivity contribution in [1.29, 1.82) is 5.26 Å². The Morgan fingerprint density at radius 3 is 1.89 bits per heavy atom. The quantitative estimate of drug-likeness (QED) is 0.394. The van der Waals surface area contributed by atoms with Crippen LogP contribution in [-0.2, 0) is 0 Å². The molecule has 2 unspecified atom stereocenters. The predicted molar refractivity (Wildman–Crippen MR) is 115 cm³/mol. The average Bonchev–Trinajstić information content (AvgIpc) is 2.74. The molecule has 27 heavy (non-hydrogen) atoms. The van der Waals surface area contributed by atoms with Gasteiger partial charge in [-0.1, -0.05) is 71.1 Å². The van der Waals surface area contributed by atoms with Gasteiger partial charge >= 0.3 is 0 Å². The summed E-state index contributed by atoms with van der Waals surface area (Å²) in [7, 11) is 0. The SMILES string of the molecule is CCCCCCCC1CCC(C2CCC(C3CCCC(C#N)C3)CC2)CC1. The van der Waals surface area contributed by atoms with Crippen molar-refractivity contribution in [3.8, 4) is 6.07 Å². The molecule has 3 aliphatic rings.